The van der Waals surface area contributed by atoms with Crippen molar-refractivity contribution in [3.8, 4) is 0 Å². The van der Waals surface area contributed by atoms with E-state index < -0.39 is 5.97 Å². The van der Waals surface area contributed by atoms with Gasteiger partial charge in [-0.25, -0.2) is 4.68 Å². The number of hydrogen-bond donors (Lipinski definition) is 2. The first-order valence-electron chi connectivity index (χ1n) is 6.63. The molecule has 20 heavy (non-hydrogen) atoms. The number of hydrogen-bond acceptors (Lipinski definition) is 5. The maximum Gasteiger partial charge on any atom is 0.325 e. The van der Waals surface area contributed by atoms with Crippen LogP contribution in [0.15, 0.2) is 6.20 Å². The number of aliphatic carboxylic acids is 1. The molecular formula is C12H19N5O3. The van der Waals surface area contributed by atoms with E-state index in [0.29, 0.717) is 12.5 Å². The van der Waals surface area contributed by atoms with Crippen molar-refractivity contribution in [2.24, 2.45) is 5.92 Å². The number of carbonyl (C=O) groups excluding carboxylic acids is 1. The lowest BCUT2D eigenvalue weighted by Crippen LogP contribution is -2.39. The van der Waals surface area contributed by atoms with Crippen molar-refractivity contribution in [1.29, 1.82) is 0 Å². The highest BCUT2D eigenvalue weighted by atomic mass is 16.4. The van der Waals surface area contributed by atoms with E-state index in [-0.39, 0.29) is 18.1 Å². The maximum absolute atomic E-state index is 11.9. The van der Waals surface area contributed by atoms with E-state index in [4.69, 9.17) is 5.11 Å². The Morgan fingerprint density at radius 3 is 3.05 bits per heavy atom. The molecule has 1 aromatic rings. The standard InChI is InChI=1S/C12H19N5O3/c1-16-4-2-3-9(6-16)5-13-12(20)10-7-17(15-14-10)8-11(18)19/h7,9H,2-6,8H2,1H3,(H,13,20)(H,18,19). The van der Waals surface area contributed by atoms with E-state index in [9.17, 15) is 9.59 Å². The highest BCUT2D eigenvalue weighted by Crippen LogP contribution is 2.13. The molecule has 1 aliphatic heterocycles. The van der Waals surface area contributed by atoms with Crippen LogP contribution >= 0.6 is 0 Å². The number of carboxylic acid groups (broad SMARTS) is 1. The van der Waals surface area contributed by atoms with Gasteiger partial charge in [0.25, 0.3) is 5.91 Å². The summed E-state index contributed by atoms with van der Waals surface area (Å²) in [5, 5.41) is 18.7. The van der Waals surface area contributed by atoms with Crippen molar-refractivity contribution in [3.63, 3.8) is 0 Å². The van der Waals surface area contributed by atoms with E-state index in [2.05, 4.69) is 27.6 Å². The lowest BCUT2D eigenvalue weighted by atomic mass is 9.98. The molecule has 1 unspecified atom stereocenters. The quantitative estimate of drug-likeness (QED) is 0.750. The summed E-state index contributed by atoms with van der Waals surface area (Å²) in [5.41, 5.74) is 0.149. The summed E-state index contributed by atoms with van der Waals surface area (Å²) in [5.74, 6) is -0.881. The minimum atomic E-state index is -1.02. The second kappa shape index (κ2) is 6.47. The molecule has 8 nitrogen and oxygen atoms in total. The fourth-order valence-electron chi connectivity index (χ4n) is 2.39. The number of amides is 1. The molecule has 2 rings (SSSR count). The van der Waals surface area contributed by atoms with E-state index in [1.807, 2.05) is 0 Å². The number of likely N-dealkylation sites (tertiary alicyclic amines) is 1. The molecule has 8 heteroatoms. The molecule has 2 heterocycles. The predicted molar refractivity (Wildman–Crippen MR) is 70.2 cm³/mol. The van der Waals surface area contributed by atoms with Crippen molar-refractivity contribution in [2.45, 2.75) is 19.4 Å². The second-order valence-electron chi connectivity index (χ2n) is 5.18. The van der Waals surface area contributed by atoms with Crippen molar-refractivity contribution in [3.05, 3.63) is 11.9 Å². The first-order valence-corrected chi connectivity index (χ1v) is 6.63. The van der Waals surface area contributed by atoms with Gasteiger partial charge in [-0.2, -0.15) is 0 Å². The Morgan fingerprint density at radius 2 is 2.35 bits per heavy atom. The van der Waals surface area contributed by atoms with E-state index in [1.54, 1.807) is 0 Å². The number of rotatable bonds is 5. The maximum atomic E-state index is 11.9. The zero-order chi connectivity index (χ0) is 14.5. The molecule has 0 aromatic carbocycles. The molecule has 1 atom stereocenters. The first kappa shape index (κ1) is 14.4. The van der Waals surface area contributed by atoms with Crippen LogP contribution in [0, 0.1) is 5.92 Å². The fourth-order valence-corrected chi connectivity index (χ4v) is 2.39. The van der Waals surface area contributed by atoms with Crippen LogP contribution in [-0.4, -0.2) is 63.6 Å². The van der Waals surface area contributed by atoms with Gasteiger partial charge in [-0.1, -0.05) is 5.21 Å². The summed E-state index contributed by atoms with van der Waals surface area (Å²) in [6.07, 6.45) is 3.60. The summed E-state index contributed by atoms with van der Waals surface area (Å²) in [4.78, 5) is 24.7. The van der Waals surface area contributed by atoms with Crippen LogP contribution in [0.2, 0.25) is 0 Å². The molecule has 1 amide bonds. The Morgan fingerprint density at radius 1 is 1.55 bits per heavy atom. The van der Waals surface area contributed by atoms with Crippen LogP contribution in [0.3, 0.4) is 0 Å². The number of carboxylic acids is 1. The van der Waals surface area contributed by atoms with Crippen LogP contribution in [0.5, 0.6) is 0 Å². The van der Waals surface area contributed by atoms with E-state index in [0.717, 1.165) is 30.6 Å². The van der Waals surface area contributed by atoms with Crippen molar-refractivity contribution < 1.29 is 14.7 Å². The van der Waals surface area contributed by atoms with Gasteiger partial charge < -0.3 is 15.3 Å². The SMILES string of the molecule is CN1CCCC(CNC(=O)c2cn(CC(=O)O)nn2)C1. The normalized spacial score (nSPS) is 19.8. The molecule has 1 aliphatic rings. The third-order valence-corrected chi connectivity index (χ3v) is 3.34. The van der Waals surface area contributed by atoms with Crippen LogP contribution < -0.4 is 5.32 Å². The number of nitrogens with zero attached hydrogens (tertiary/aromatic N) is 4. The zero-order valence-corrected chi connectivity index (χ0v) is 11.4. The minimum absolute atomic E-state index is 0.149. The van der Waals surface area contributed by atoms with E-state index >= 15 is 0 Å². The fraction of sp³-hybridized carbons (Fsp3) is 0.667. The van der Waals surface area contributed by atoms with Gasteiger partial charge in [0.1, 0.15) is 6.54 Å². The van der Waals surface area contributed by atoms with Gasteiger partial charge >= 0.3 is 5.97 Å². The van der Waals surface area contributed by atoms with Gasteiger partial charge in [0.2, 0.25) is 0 Å². The molecule has 0 radical (unpaired) electrons. The molecule has 1 aromatic heterocycles. The average Bonchev–Trinajstić information content (AvgIpc) is 2.84. The molecule has 0 aliphatic carbocycles. The molecule has 2 N–H and O–H groups in total. The summed E-state index contributed by atoms with van der Waals surface area (Å²) >= 11 is 0. The van der Waals surface area contributed by atoms with Crippen LogP contribution in [0.1, 0.15) is 23.3 Å². The molecule has 0 bridgehead atoms. The summed E-state index contributed by atoms with van der Waals surface area (Å²) < 4.78 is 1.13. The van der Waals surface area contributed by atoms with Crippen molar-refractivity contribution in [1.82, 2.24) is 25.2 Å². The van der Waals surface area contributed by atoms with Gasteiger partial charge in [0, 0.05) is 13.1 Å². The van der Waals surface area contributed by atoms with Crippen LogP contribution in [-0.2, 0) is 11.3 Å². The van der Waals surface area contributed by atoms with Crippen molar-refractivity contribution >= 4 is 11.9 Å². The molecular weight excluding hydrogens is 262 g/mol. The Labute approximate surface area is 116 Å². The van der Waals surface area contributed by atoms with Crippen molar-refractivity contribution in [2.75, 3.05) is 26.7 Å². The highest BCUT2D eigenvalue weighted by Gasteiger charge is 2.19. The summed E-state index contributed by atoms with van der Waals surface area (Å²) in [7, 11) is 2.07. The van der Waals surface area contributed by atoms with Gasteiger partial charge in [-0.15, -0.1) is 5.10 Å². The molecule has 1 fully saturated rings. The number of nitrogens with one attached hydrogen (secondary N) is 1. The molecule has 0 saturated carbocycles. The second-order valence-corrected chi connectivity index (χ2v) is 5.18. The predicted octanol–water partition coefficient (Wildman–Crippen LogP) is -0.566. The topological polar surface area (TPSA) is 100 Å². The van der Waals surface area contributed by atoms with E-state index in [1.165, 1.54) is 6.20 Å². The minimum Gasteiger partial charge on any atom is -0.480 e. The lowest BCUT2D eigenvalue weighted by molar-refractivity contribution is -0.137. The zero-order valence-electron chi connectivity index (χ0n) is 11.4. The summed E-state index contributed by atoms with van der Waals surface area (Å²) in [6, 6.07) is 0. The third kappa shape index (κ3) is 4.02. The third-order valence-electron chi connectivity index (χ3n) is 3.34. The largest absolute Gasteiger partial charge is 0.480 e. The Bertz CT molecular complexity index is 487. The first-order chi connectivity index (χ1) is 9.54. The molecule has 1 saturated heterocycles. The average molecular weight is 281 g/mol. The molecule has 110 valence electrons. The van der Waals surface area contributed by atoms with Crippen LogP contribution in [0.25, 0.3) is 0 Å². The van der Waals surface area contributed by atoms with Gasteiger partial charge in [-0.05, 0) is 32.4 Å². The van der Waals surface area contributed by atoms with Gasteiger partial charge in [0.15, 0.2) is 5.69 Å². The highest BCUT2D eigenvalue weighted by molar-refractivity contribution is 5.91. The van der Waals surface area contributed by atoms with Gasteiger partial charge in [-0.3, -0.25) is 9.59 Å². The Hall–Kier alpha value is -1.96. The number of aromatic nitrogens is 3. The summed E-state index contributed by atoms with van der Waals surface area (Å²) in [6.45, 7) is 2.39. The Balaban J connectivity index is 1.82. The Kier molecular flexibility index (Phi) is 4.67. The monoisotopic (exact) mass is 281 g/mol. The van der Waals surface area contributed by atoms with Crippen LogP contribution in [0.4, 0.5) is 0 Å². The molecule has 0 spiro atoms. The van der Waals surface area contributed by atoms with Gasteiger partial charge in [0.05, 0.1) is 6.20 Å². The smallest absolute Gasteiger partial charge is 0.325 e. The number of carbonyl (C=O) groups is 2. The lowest BCUT2D eigenvalue weighted by Gasteiger charge is -2.29. The number of piperidine rings is 1.